The number of carbonyl (C=O) groups is 2. The van der Waals surface area contributed by atoms with Crippen LogP contribution in [0.4, 0.5) is 19.3 Å². The normalized spacial score (nSPS) is 11.4. The van der Waals surface area contributed by atoms with Gasteiger partial charge in [-0.2, -0.15) is 0 Å². The van der Waals surface area contributed by atoms with Crippen molar-refractivity contribution in [2.24, 2.45) is 5.92 Å². The number of halogens is 2. The van der Waals surface area contributed by atoms with Gasteiger partial charge in [0.2, 0.25) is 5.43 Å². The molecular formula is C36H36F2N4O3S. The van der Waals surface area contributed by atoms with Crippen molar-refractivity contribution in [1.82, 2.24) is 14.8 Å². The second kappa shape index (κ2) is 14.2. The summed E-state index contributed by atoms with van der Waals surface area (Å²) in [5.41, 5.74) is 2.62. The first kappa shape index (κ1) is 32.7. The number of aromatic nitrogens is 1. The van der Waals surface area contributed by atoms with Crippen LogP contribution in [0, 0.1) is 17.6 Å². The van der Waals surface area contributed by atoms with Crippen molar-refractivity contribution >= 4 is 39.1 Å². The van der Waals surface area contributed by atoms with Crippen molar-refractivity contribution in [3.8, 4) is 10.4 Å². The fourth-order valence-electron chi connectivity index (χ4n) is 5.40. The van der Waals surface area contributed by atoms with Gasteiger partial charge in [-0.1, -0.05) is 62.4 Å². The molecule has 5 rings (SSSR count). The molecule has 10 heteroatoms. The lowest BCUT2D eigenvalue weighted by Crippen LogP contribution is -2.28. The zero-order valence-electron chi connectivity index (χ0n) is 26.2. The zero-order valence-corrected chi connectivity index (χ0v) is 27.0. The Kier molecular flexibility index (Phi) is 10.1. The van der Waals surface area contributed by atoms with Gasteiger partial charge in [-0.05, 0) is 54.9 Å². The van der Waals surface area contributed by atoms with Gasteiger partial charge in [0, 0.05) is 47.9 Å². The molecule has 3 aromatic carbocycles. The lowest BCUT2D eigenvalue weighted by molar-refractivity contribution is 0.0937. The van der Waals surface area contributed by atoms with Crippen LogP contribution < -0.4 is 16.1 Å². The van der Waals surface area contributed by atoms with Crippen molar-refractivity contribution in [1.29, 1.82) is 0 Å². The first-order chi connectivity index (χ1) is 22.1. The number of fused-ring (bicyclic) bond motifs is 1. The largest absolute Gasteiger partial charge is 0.338 e. The molecule has 238 valence electrons. The number of rotatable bonds is 11. The summed E-state index contributed by atoms with van der Waals surface area (Å²) in [6.45, 7) is 6.52. The van der Waals surface area contributed by atoms with E-state index in [0.29, 0.717) is 41.1 Å². The molecule has 0 saturated heterocycles. The van der Waals surface area contributed by atoms with Crippen molar-refractivity contribution in [3.63, 3.8) is 0 Å². The molecule has 2 aromatic heterocycles. The van der Waals surface area contributed by atoms with Crippen LogP contribution in [0.5, 0.6) is 0 Å². The summed E-state index contributed by atoms with van der Waals surface area (Å²) in [6.07, 6.45) is 1.44. The number of carbonyl (C=O) groups excluding carboxylic acids is 2. The number of hydrogen-bond acceptors (Lipinski definition) is 5. The van der Waals surface area contributed by atoms with Gasteiger partial charge in [-0.3, -0.25) is 14.5 Å². The van der Waals surface area contributed by atoms with Gasteiger partial charge in [0.25, 0.3) is 0 Å². The molecule has 0 aliphatic rings. The van der Waals surface area contributed by atoms with Crippen molar-refractivity contribution < 1.29 is 18.4 Å². The predicted molar refractivity (Wildman–Crippen MR) is 180 cm³/mol. The van der Waals surface area contributed by atoms with E-state index < -0.39 is 23.0 Å². The summed E-state index contributed by atoms with van der Waals surface area (Å²) in [6, 6.07) is 20.6. The Morgan fingerprint density at radius 3 is 2.22 bits per heavy atom. The molecule has 2 heterocycles. The number of thiophene rings is 1. The molecule has 0 radical (unpaired) electrons. The maximum atomic E-state index is 14.9. The van der Waals surface area contributed by atoms with Gasteiger partial charge in [0.1, 0.15) is 16.5 Å². The minimum Gasteiger partial charge on any atom is -0.338 e. The smallest absolute Gasteiger partial charge is 0.319 e. The summed E-state index contributed by atoms with van der Waals surface area (Å²) in [7, 11) is 1.95. The number of amides is 2. The van der Waals surface area contributed by atoms with Crippen LogP contribution in [0.3, 0.4) is 0 Å². The third-order valence-corrected chi connectivity index (χ3v) is 8.97. The molecule has 0 aliphatic heterocycles. The van der Waals surface area contributed by atoms with E-state index >= 15 is 0 Å². The molecule has 0 atom stereocenters. The lowest BCUT2D eigenvalue weighted by Gasteiger charge is -2.18. The second-order valence-corrected chi connectivity index (χ2v) is 12.5. The Balaban J connectivity index is 1.71. The minimum absolute atomic E-state index is 0.0166. The van der Waals surface area contributed by atoms with Crippen LogP contribution in [0.25, 0.3) is 20.7 Å². The highest BCUT2D eigenvalue weighted by molar-refractivity contribution is 7.22. The van der Waals surface area contributed by atoms with E-state index in [0.717, 1.165) is 16.0 Å². The van der Waals surface area contributed by atoms with Crippen LogP contribution in [0.1, 0.15) is 47.8 Å². The highest BCUT2D eigenvalue weighted by Gasteiger charge is 2.26. The van der Waals surface area contributed by atoms with Crippen LogP contribution in [0.2, 0.25) is 0 Å². The third kappa shape index (κ3) is 7.08. The van der Waals surface area contributed by atoms with E-state index in [-0.39, 0.29) is 29.5 Å². The second-order valence-electron chi connectivity index (χ2n) is 11.5. The fraction of sp³-hybridized carbons (Fsp3) is 0.250. The monoisotopic (exact) mass is 642 g/mol. The number of nitrogens with zero attached hydrogens (tertiary/aromatic N) is 2. The van der Waals surface area contributed by atoms with Gasteiger partial charge in [0.15, 0.2) is 5.78 Å². The van der Waals surface area contributed by atoms with E-state index in [1.54, 1.807) is 30.5 Å². The predicted octanol–water partition coefficient (Wildman–Crippen LogP) is 7.67. The first-order valence-corrected chi connectivity index (χ1v) is 15.9. The number of anilines is 1. The number of ketones is 1. The number of pyridine rings is 1. The average molecular weight is 643 g/mol. The van der Waals surface area contributed by atoms with E-state index in [1.165, 1.54) is 35.7 Å². The van der Waals surface area contributed by atoms with Crippen LogP contribution >= 0.6 is 11.3 Å². The van der Waals surface area contributed by atoms with Crippen LogP contribution in [-0.4, -0.2) is 34.9 Å². The molecule has 0 aliphatic carbocycles. The Bertz CT molecular complexity index is 1920. The summed E-state index contributed by atoms with van der Waals surface area (Å²) in [4.78, 5) is 43.0. The van der Waals surface area contributed by atoms with E-state index in [9.17, 15) is 23.2 Å². The Morgan fingerprint density at radius 1 is 0.913 bits per heavy atom. The quantitative estimate of drug-likeness (QED) is 0.145. The zero-order chi connectivity index (χ0) is 33.0. The summed E-state index contributed by atoms with van der Waals surface area (Å²) < 4.78 is 31.4. The van der Waals surface area contributed by atoms with E-state index in [1.807, 2.05) is 56.4 Å². The maximum Gasteiger partial charge on any atom is 0.319 e. The van der Waals surface area contributed by atoms with Crippen LogP contribution in [0.15, 0.2) is 83.8 Å². The van der Waals surface area contributed by atoms with Crippen molar-refractivity contribution in [2.75, 3.05) is 18.9 Å². The Hall–Kier alpha value is -4.67. The molecule has 46 heavy (non-hydrogen) atoms. The first-order valence-electron chi connectivity index (χ1n) is 15.1. The van der Waals surface area contributed by atoms with Gasteiger partial charge in [0.05, 0.1) is 17.5 Å². The number of benzene rings is 3. The fourth-order valence-corrected chi connectivity index (χ4v) is 6.69. The number of Topliss-reactive ketones (excluding diaryl/α,β-unsaturated/α-hetero) is 1. The summed E-state index contributed by atoms with van der Waals surface area (Å²) in [5.74, 6) is -2.22. The lowest BCUT2D eigenvalue weighted by atomic mass is 9.99. The third-order valence-electron chi connectivity index (χ3n) is 7.65. The topological polar surface area (TPSA) is 83.4 Å². The van der Waals surface area contributed by atoms with Gasteiger partial charge < -0.3 is 15.2 Å². The van der Waals surface area contributed by atoms with Crippen LogP contribution in [-0.2, 0) is 19.6 Å². The molecule has 2 amide bonds. The number of hydrogen-bond donors (Lipinski definition) is 2. The summed E-state index contributed by atoms with van der Waals surface area (Å²) >= 11 is 1.33. The van der Waals surface area contributed by atoms with E-state index in [4.69, 9.17) is 0 Å². The van der Waals surface area contributed by atoms with Crippen molar-refractivity contribution in [3.05, 3.63) is 123 Å². The molecule has 0 unspecified atom stereocenters. The number of nitrogens with one attached hydrogen (secondary N) is 2. The molecule has 0 fully saturated rings. The maximum absolute atomic E-state index is 14.9. The summed E-state index contributed by atoms with van der Waals surface area (Å²) in [5, 5.41) is 5.84. The van der Waals surface area contributed by atoms with E-state index in [2.05, 4.69) is 15.5 Å². The minimum atomic E-state index is -0.710. The molecule has 0 spiro atoms. The standard InChI is InChI=1S/C36H36F2N4O3S/c1-5-39-36(45)40-25-16-14-24(15-17-25)34-27(19-41(4)18-23-10-7-6-8-11-23)31-33(44)28(32(43)22(2)3)21-42(35(31)46-34)20-26-29(37)12-9-13-30(26)38/h6-17,21-22H,5,18-20H2,1-4H3,(H2,39,40,45). The van der Waals surface area contributed by atoms with Gasteiger partial charge in [-0.15, -0.1) is 11.3 Å². The molecule has 2 N–H and O–H groups in total. The SMILES string of the molecule is CCNC(=O)Nc1ccc(-c2sc3c(c2CN(C)Cc2ccccc2)c(=O)c(C(=O)C(C)C)cn3Cc2c(F)cccc2F)cc1. The molecule has 0 bridgehead atoms. The molecule has 0 saturated carbocycles. The Labute approximate surface area is 270 Å². The van der Waals surface area contributed by atoms with Gasteiger partial charge >= 0.3 is 6.03 Å². The molecule has 7 nitrogen and oxygen atoms in total. The van der Waals surface area contributed by atoms with Crippen molar-refractivity contribution in [2.45, 2.75) is 40.4 Å². The highest BCUT2D eigenvalue weighted by Crippen LogP contribution is 2.39. The molecular weight excluding hydrogens is 606 g/mol. The number of urea groups is 1. The molecule has 5 aromatic rings. The average Bonchev–Trinajstić information content (AvgIpc) is 3.40. The Morgan fingerprint density at radius 2 is 1.59 bits per heavy atom. The van der Waals surface area contributed by atoms with Gasteiger partial charge in [-0.25, -0.2) is 13.6 Å². The highest BCUT2D eigenvalue weighted by atomic mass is 32.1.